The third-order valence-corrected chi connectivity index (χ3v) is 4.33. The van der Waals surface area contributed by atoms with Crippen molar-refractivity contribution in [2.24, 2.45) is 0 Å². The summed E-state index contributed by atoms with van der Waals surface area (Å²) >= 11 is 3.47. The van der Waals surface area contributed by atoms with E-state index in [4.69, 9.17) is 14.4 Å². The fourth-order valence-corrected chi connectivity index (χ4v) is 2.96. The molecule has 1 heterocycles. The van der Waals surface area contributed by atoms with Crippen LogP contribution in [-0.2, 0) is 0 Å². The quantitative estimate of drug-likeness (QED) is 0.400. The van der Waals surface area contributed by atoms with Gasteiger partial charge in [0.2, 0.25) is 0 Å². The number of benzene rings is 3. The van der Waals surface area contributed by atoms with Crippen molar-refractivity contribution in [1.82, 2.24) is 0 Å². The Morgan fingerprint density at radius 3 is 2.20 bits per heavy atom. The number of ether oxygens (including phenoxy) is 1. The molecule has 1 aromatic heterocycles. The molecule has 3 aromatic carbocycles. The Bertz CT molecular complexity index is 1070. The van der Waals surface area contributed by atoms with Gasteiger partial charge in [-0.15, -0.1) is 0 Å². The first-order chi connectivity index (χ1) is 12.2. The standard InChI is InChI=1S/C21H12BrNO2/c22-17-5-10-20-16(11-17)12-21(25-20)15-3-8-19(9-4-15)24-18-6-1-14(13-23)2-7-18/h1-12H. The largest absolute Gasteiger partial charge is 0.457 e. The van der Waals surface area contributed by atoms with E-state index in [2.05, 4.69) is 22.0 Å². The minimum Gasteiger partial charge on any atom is -0.457 e. The molecule has 0 saturated heterocycles. The highest BCUT2D eigenvalue weighted by molar-refractivity contribution is 9.10. The summed E-state index contributed by atoms with van der Waals surface area (Å²) in [6.45, 7) is 0. The van der Waals surface area contributed by atoms with E-state index in [9.17, 15) is 0 Å². The average Bonchev–Trinajstić information content (AvgIpc) is 3.06. The first kappa shape index (κ1) is 15.5. The maximum Gasteiger partial charge on any atom is 0.135 e. The van der Waals surface area contributed by atoms with Crippen LogP contribution in [0, 0.1) is 11.3 Å². The van der Waals surface area contributed by atoms with Gasteiger partial charge in [0.05, 0.1) is 11.6 Å². The van der Waals surface area contributed by atoms with Crippen molar-refractivity contribution in [3.8, 4) is 28.9 Å². The van der Waals surface area contributed by atoms with Crippen molar-refractivity contribution >= 4 is 26.9 Å². The first-order valence-electron chi connectivity index (χ1n) is 7.69. The van der Waals surface area contributed by atoms with E-state index in [1.54, 1.807) is 24.3 Å². The second-order valence-corrected chi connectivity index (χ2v) is 6.47. The first-order valence-corrected chi connectivity index (χ1v) is 8.48. The Hall–Kier alpha value is -3.03. The van der Waals surface area contributed by atoms with Crippen molar-refractivity contribution < 1.29 is 9.15 Å². The molecule has 0 amide bonds. The van der Waals surface area contributed by atoms with Gasteiger partial charge in [-0.1, -0.05) is 15.9 Å². The lowest BCUT2D eigenvalue weighted by Crippen LogP contribution is -1.84. The van der Waals surface area contributed by atoms with Crippen LogP contribution in [0.15, 0.2) is 81.7 Å². The molecule has 0 radical (unpaired) electrons. The lowest BCUT2D eigenvalue weighted by molar-refractivity contribution is 0.482. The molecule has 0 fully saturated rings. The van der Waals surface area contributed by atoms with Gasteiger partial charge in [0.1, 0.15) is 22.8 Å². The van der Waals surface area contributed by atoms with E-state index in [-0.39, 0.29) is 0 Å². The van der Waals surface area contributed by atoms with Crippen molar-refractivity contribution in [3.05, 3.63) is 82.8 Å². The van der Waals surface area contributed by atoms with Crippen LogP contribution in [0.4, 0.5) is 0 Å². The van der Waals surface area contributed by atoms with Gasteiger partial charge < -0.3 is 9.15 Å². The number of nitrogens with zero attached hydrogens (tertiary/aromatic N) is 1. The van der Waals surface area contributed by atoms with Crippen LogP contribution in [0.5, 0.6) is 11.5 Å². The Labute approximate surface area is 153 Å². The molecule has 0 N–H and O–H groups in total. The van der Waals surface area contributed by atoms with Crippen molar-refractivity contribution in [3.63, 3.8) is 0 Å². The topological polar surface area (TPSA) is 46.2 Å². The second kappa shape index (κ2) is 6.46. The third kappa shape index (κ3) is 3.28. The van der Waals surface area contributed by atoms with Crippen LogP contribution in [0.2, 0.25) is 0 Å². The SMILES string of the molecule is N#Cc1ccc(Oc2ccc(-c3cc4cc(Br)ccc4o3)cc2)cc1. The van der Waals surface area contributed by atoms with E-state index in [0.29, 0.717) is 11.3 Å². The zero-order valence-electron chi connectivity index (χ0n) is 13.1. The molecular weight excluding hydrogens is 378 g/mol. The summed E-state index contributed by atoms with van der Waals surface area (Å²) < 4.78 is 12.7. The van der Waals surface area contributed by atoms with E-state index in [0.717, 1.165) is 32.5 Å². The van der Waals surface area contributed by atoms with Crippen LogP contribution in [0.3, 0.4) is 0 Å². The predicted octanol–water partition coefficient (Wildman–Crippen LogP) is 6.53. The smallest absolute Gasteiger partial charge is 0.135 e. The van der Waals surface area contributed by atoms with Crippen molar-refractivity contribution in [1.29, 1.82) is 5.26 Å². The highest BCUT2D eigenvalue weighted by Crippen LogP contribution is 2.31. The molecule has 25 heavy (non-hydrogen) atoms. The monoisotopic (exact) mass is 389 g/mol. The third-order valence-electron chi connectivity index (χ3n) is 3.84. The summed E-state index contributed by atoms with van der Waals surface area (Å²) in [5.74, 6) is 2.24. The highest BCUT2D eigenvalue weighted by Gasteiger charge is 2.07. The number of hydrogen-bond acceptors (Lipinski definition) is 3. The minimum atomic E-state index is 0.610. The number of halogens is 1. The molecule has 0 bridgehead atoms. The number of rotatable bonds is 3. The summed E-state index contributed by atoms with van der Waals surface area (Å²) in [6.07, 6.45) is 0. The van der Waals surface area contributed by atoms with Gasteiger partial charge in [-0.3, -0.25) is 0 Å². The number of furan rings is 1. The van der Waals surface area contributed by atoms with Crippen LogP contribution in [0.1, 0.15) is 5.56 Å². The fourth-order valence-electron chi connectivity index (χ4n) is 2.58. The summed E-state index contributed by atoms with van der Waals surface area (Å²) in [5, 5.41) is 9.88. The fraction of sp³-hybridized carbons (Fsp3) is 0. The van der Waals surface area contributed by atoms with Gasteiger partial charge in [-0.2, -0.15) is 5.26 Å². The van der Waals surface area contributed by atoms with Gasteiger partial charge in [-0.05, 0) is 72.8 Å². The molecular formula is C21H12BrNO2. The Balaban J connectivity index is 1.57. The summed E-state index contributed by atoms with van der Waals surface area (Å²) in [5.41, 5.74) is 2.45. The summed E-state index contributed by atoms with van der Waals surface area (Å²) in [7, 11) is 0. The zero-order chi connectivity index (χ0) is 17.2. The molecule has 0 atom stereocenters. The molecule has 4 heteroatoms. The molecule has 0 spiro atoms. The summed E-state index contributed by atoms with van der Waals surface area (Å²) in [6, 6.07) is 24.8. The lowest BCUT2D eigenvalue weighted by Gasteiger charge is -2.06. The van der Waals surface area contributed by atoms with E-state index in [1.165, 1.54) is 0 Å². The van der Waals surface area contributed by atoms with Crippen molar-refractivity contribution in [2.75, 3.05) is 0 Å². The number of fused-ring (bicyclic) bond motifs is 1. The van der Waals surface area contributed by atoms with Gasteiger partial charge in [0, 0.05) is 15.4 Å². The minimum absolute atomic E-state index is 0.610. The average molecular weight is 390 g/mol. The predicted molar refractivity (Wildman–Crippen MR) is 101 cm³/mol. The highest BCUT2D eigenvalue weighted by atomic mass is 79.9. The van der Waals surface area contributed by atoms with E-state index < -0.39 is 0 Å². The van der Waals surface area contributed by atoms with Gasteiger partial charge in [0.15, 0.2) is 0 Å². The van der Waals surface area contributed by atoms with Crippen molar-refractivity contribution in [2.45, 2.75) is 0 Å². The van der Waals surface area contributed by atoms with E-state index >= 15 is 0 Å². The number of nitriles is 1. The molecule has 120 valence electrons. The van der Waals surface area contributed by atoms with Crippen LogP contribution >= 0.6 is 15.9 Å². The molecule has 0 saturated carbocycles. The number of hydrogen-bond donors (Lipinski definition) is 0. The molecule has 4 aromatic rings. The Morgan fingerprint density at radius 1 is 0.840 bits per heavy atom. The van der Waals surface area contributed by atoms with Crippen LogP contribution in [-0.4, -0.2) is 0 Å². The molecule has 3 nitrogen and oxygen atoms in total. The normalized spacial score (nSPS) is 10.6. The maximum atomic E-state index is 8.82. The van der Waals surface area contributed by atoms with Gasteiger partial charge >= 0.3 is 0 Å². The molecule has 0 unspecified atom stereocenters. The van der Waals surface area contributed by atoms with Gasteiger partial charge in [-0.25, -0.2) is 0 Å². The Kier molecular flexibility index (Phi) is 4.01. The van der Waals surface area contributed by atoms with Crippen LogP contribution in [0.25, 0.3) is 22.3 Å². The maximum absolute atomic E-state index is 8.82. The second-order valence-electron chi connectivity index (χ2n) is 5.56. The molecule has 0 aliphatic rings. The summed E-state index contributed by atoms with van der Waals surface area (Å²) in [4.78, 5) is 0. The lowest BCUT2D eigenvalue weighted by atomic mass is 10.1. The Morgan fingerprint density at radius 2 is 1.52 bits per heavy atom. The zero-order valence-corrected chi connectivity index (χ0v) is 14.7. The van der Waals surface area contributed by atoms with Gasteiger partial charge in [0.25, 0.3) is 0 Å². The molecule has 4 rings (SSSR count). The van der Waals surface area contributed by atoms with E-state index in [1.807, 2.05) is 48.5 Å². The molecule has 0 aliphatic heterocycles. The van der Waals surface area contributed by atoms with Crippen LogP contribution < -0.4 is 4.74 Å². The molecule has 0 aliphatic carbocycles.